The summed E-state index contributed by atoms with van der Waals surface area (Å²) in [5.74, 6) is -2.95. The molecule has 6 N–H and O–H groups in total. The number of carbonyl (C=O) groups is 6. The Kier molecular flexibility index (Phi) is 22.5. The number of fused-ring (bicyclic) bond motifs is 6. The van der Waals surface area contributed by atoms with Crippen molar-refractivity contribution in [3.8, 4) is 5.75 Å². The fraction of sp³-hybridized carbons (Fsp3) is 0.571. The Bertz CT molecular complexity index is 2740. The third-order valence-electron chi connectivity index (χ3n) is 15.0. The molecule has 0 radical (unpaired) electrons. The number of amides is 5. The zero-order chi connectivity index (χ0) is 58.5. The van der Waals surface area contributed by atoms with Gasteiger partial charge < -0.3 is 68.4 Å². The Labute approximate surface area is 472 Å². The van der Waals surface area contributed by atoms with Gasteiger partial charge in [-0.15, -0.1) is 0 Å². The number of epoxide rings is 1. The number of para-hydroxylation sites is 1. The number of nitrogens with one attached hydrogen (secondary N) is 4. The van der Waals surface area contributed by atoms with Crippen LogP contribution < -0.4 is 31.0 Å². The quantitative estimate of drug-likeness (QED) is 0.0345. The number of halogens is 1. The monoisotopic (exact) mass is 1140 g/mol. The average Bonchev–Trinajstić information content (AvgIpc) is 4.25. The number of ether oxygens (including phenoxy) is 7. The molecule has 440 valence electrons. The molecule has 3 aliphatic rings. The maximum atomic E-state index is 14.3. The molecule has 23 nitrogen and oxygen atoms in total. The number of aromatic nitrogens is 1. The smallest absolute Gasteiger partial charge is 0.409 e. The first kappa shape index (κ1) is 63.0. The van der Waals surface area contributed by atoms with Gasteiger partial charge in [-0.3, -0.25) is 29.9 Å². The van der Waals surface area contributed by atoms with Crippen LogP contribution in [-0.2, 0) is 71.9 Å². The lowest BCUT2D eigenvalue weighted by atomic mass is 9.83. The molecule has 24 heteroatoms. The molecule has 0 aliphatic carbocycles. The number of aryl methyl sites for hydroxylation is 1. The second kappa shape index (κ2) is 28.5. The van der Waals surface area contributed by atoms with Crippen LogP contribution in [0.4, 0.5) is 10.5 Å². The fourth-order valence-corrected chi connectivity index (χ4v) is 10.2. The van der Waals surface area contributed by atoms with Crippen LogP contribution in [-0.4, -0.2) is 190 Å². The predicted molar refractivity (Wildman–Crippen MR) is 296 cm³/mol. The fourth-order valence-electron chi connectivity index (χ4n) is 9.90. The Morgan fingerprint density at radius 3 is 2.46 bits per heavy atom. The number of allylic oxidation sites excluding steroid dienone is 3. The van der Waals surface area contributed by atoms with Gasteiger partial charge in [0.1, 0.15) is 46.8 Å². The first-order valence-corrected chi connectivity index (χ1v) is 27.1. The topological polar surface area (TPSA) is 274 Å². The molecule has 4 bridgehead atoms. The van der Waals surface area contributed by atoms with Crippen molar-refractivity contribution < 1.29 is 72.1 Å². The number of rotatable bonds is 23. The van der Waals surface area contributed by atoms with Crippen LogP contribution in [0.5, 0.6) is 5.75 Å². The second-order valence-electron chi connectivity index (χ2n) is 20.6. The van der Waals surface area contributed by atoms with Crippen molar-refractivity contribution in [3.05, 3.63) is 82.5 Å². The highest BCUT2D eigenvalue weighted by Gasteiger charge is 2.64. The van der Waals surface area contributed by atoms with Gasteiger partial charge in [0.05, 0.1) is 71.3 Å². The SMILES string of the molecule is CNN(C)Cc1cc2ccccc2n1CCC(=O)NC(CO)C(=O)NCCOCCOCCC(=O)N(C)[C@@H](C)C(=O)O[C@H]1CC(=O)N(C)c2cc(cc(OC)c2Cl)C/C(C)=C/C=C/[C@@H](OC)[C@@]2(O)C[C@H](OC(=O)N2)[C@@H](C)C2O[C@]21C. The molecule has 1 aromatic heterocycles. The molecule has 0 spiro atoms. The van der Waals surface area contributed by atoms with Crippen molar-refractivity contribution in [2.45, 2.75) is 121 Å². The number of anilines is 1. The molecular weight excluding hydrogens is 1060 g/mol. The Hall–Kier alpha value is -6.15. The predicted octanol–water partition coefficient (Wildman–Crippen LogP) is 3.14. The minimum atomic E-state index is -1.88. The van der Waals surface area contributed by atoms with Crippen LogP contribution in [0.15, 0.2) is 66.3 Å². The summed E-state index contributed by atoms with van der Waals surface area (Å²) in [4.78, 5) is 83.1. The van der Waals surface area contributed by atoms with Crippen LogP contribution in [0.2, 0.25) is 5.02 Å². The first-order chi connectivity index (χ1) is 38.1. The van der Waals surface area contributed by atoms with E-state index < -0.39 is 96.0 Å². The van der Waals surface area contributed by atoms with Gasteiger partial charge in [0.2, 0.25) is 23.6 Å². The number of carbonyl (C=O) groups excluding carboxylic acids is 6. The van der Waals surface area contributed by atoms with Gasteiger partial charge in [-0.05, 0) is 69.5 Å². The van der Waals surface area contributed by atoms with Crippen molar-refractivity contribution >= 4 is 63.9 Å². The summed E-state index contributed by atoms with van der Waals surface area (Å²) in [6, 6.07) is 11.2. The molecule has 2 aromatic carbocycles. The third-order valence-corrected chi connectivity index (χ3v) is 15.4. The Balaban J connectivity index is 0.989. The lowest BCUT2D eigenvalue weighted by molar-refractivity contribution is -0.162. The van der Waals surface area contributed by atoms with Crippen molar-refractivity contribution in [3.63, 3.8) is 0 Å². The van der Waals surface area contributed by atoms with E-state index in [-0.39, 0.29) is 63.7 Å². The van der Waals surface area contributed by atoms with E-state index in [2.05, 4.69) is 32.0 Å². The molecule has 2 unspecified atom stereocenters. The van der Waals surface area contributed by atoms with Crippen LogP contribution in [0.3, 0.4) is 0 Å². The van der Waals surface area contributed by atoms with Gasteiger partial charge in [0, 0.05) is 71.3 Å². The van der Waals surface area contributed by atoms with E-state index in [0.29, 0.717) is 30.9 Å². The molecule has 9 atom stereocenters. The summed E-state index contributed by atoms with van der Waals surface area (Å²) >= 11 is 6.82. The minimum absolute atomic E-state index is 0.00503. The zero-order valence-corrected chi connectivity index (χ0v) is 48.1. The summed E-state index contributed by atoms with van der Waals surface area (Å²) in [5, 5.41) is 32.7. The number of nitrogens with zero attached hydrogens (tertiary/aromatic N) is 4. The normalized spacial score (nSPS) is 25.1. The zero-order valence-electron chi connectivity index (χ0n) is 47.4. The second-order valence-corrected chi connectivity index (χ2v) is 21.0. The van der Waals surface area contributed by atoms with Crippen LogP contribution in [0, 0.1) is 5.92 Å². The maximum Gasteiger partial charge on any atom is 0.409 e. The minimum Gasteiger partial charge on any atom is -0.495 e. The highest BCUT2D eigenvalue weighted by Crippen LogP contribution is 2.49. The molecule has 6 rings (SSSR count). The average molecular weight is 1140 g/mol. The highest BCUT2D eigenvalue weighted by atomic mass is 35.5. The van der Waals surface area contributed by atoms with E-state index in [1.165, 1.54) is 38.0 Å². The van der Waals surface area contributed by atoms with Crippen LogP contribution in [0.25, 0.3) is 10.9 Å². The van der Waals surface area contributed by atoms with Crippen molar-refractivity contribution in [1.29, 1.82) is 0 Å². The van der Waals surface area contributed by atoms with Gasteiger partial charge >= 0.3 is 12.1 Å². The standard InChI is InChI=1S/C56H79ClN8O15/c1-34-14-13-17-45(75-10)56(73)31-44(78-54(72)61-56)35(2)51-55(4,80-51)46(30-49(69)64(8)42-27-37(26-34)28-43(74-9)50(42)57)79-53(71)36(3)63(7)48(68)19-22-76-24-25-77-23-20-59-52(70)40(33-66)60-47(67)18-21-65-39(32-62(6)58-5)29-38-15-11-12-16-41(38)65/h11-17,27-29,35-36,40,44-46,51,58,66,73H,18-26,30-33H2,1-10H3,(H,59,70)(H,60,67)(H,61,72)/b17-13+,34-14+/t35-,36+,40?,44+,45-,46+,51?,55+,56+/m1/s1. The number of aliphatic hydroxyl groups excluding tert-OH is 1. The molecule has 2 fully saturated rings. The van der Waals surface area contributed by atoms with Gasteiger partial charge in [-0.2, -0.15) is 0 Å². The molecule has 80 heavy (non-hydrogen) atoms. The van der Waals surface area contributed by atoms with E-state index in [9.17, 15) is 39.0 Å². The Morgan fingerprint density at radius 1 is 1.04 bits per heavy atom. The summed E-state index contributed by atoms with van der Waals surface area (Å²) < 4.78 is 42.7. The molecule has 0 saturated carbocycles. The lowest BCUT2D eigenvalue weighted by Crippen LogP contribution is -2.63. The molecule has 3 aliphatic heterocycles. The molecule has 2 saturated heterocycles. The summed E-state index contributed by atoms with van der Waals surface area (Å²) in [6.07, 6.45) is 0.420. The van der Waals surface area contributed by atoms with Crippen molar-refractivity contribution in [2.24, 2.45) is 5.92 Å². The van der Waals surface area contributed by atoms with E-state index in [0.717, 1.165) is 27.7 Å². The van der Waals surface area contributed by atoms with Crippen LogP contribution >= 0.6 is 11.6 Å². The van der Waals surface area contributed by atoms with Crippen molar-refractivity contribution in [2.75, 3.05) is 86.9 Å². The van der Waals surface area contributed by atoms with Gasteiger partial charge in [-0.25, -0.2) is 14.6 Å². The molecule has 3 aromatic rings. The molecular formula is C56H79ClN8O15. The van der Waals surface area contributed by atoms with Gasteiger partial charge in [0.25, 0.3) is 0 Å². The number of methoxy groups -OCH3 is 2. The van der Waals surface area contributed by atoms with Gasteiger partial charge in [-0.1, -0.05) is 60.5 Å². The van der Waals surface area contributed by atoms with E-state index in [4.69, 9.17) is 44.8 Å². The Morgan fingerprint density at radius 2 is 1.76 bits per heavy atom. The number of likely N-dealkylation sites (N-methyl/N-ethyl adjacent to an activating group) is 1. The number of hydrazine groups is 1. The van der Waals surface area contributed by atoms with Crippen molar-refractivity contribution in [1.82, 2.24) is 35.9 Å². The lowest BCUT2D eigenvalue weighted by Gasteiger charge is -2.42. The summed E-state index contributed by atoms with van der Waals surface area (Å²) in [6.45, 7) is 7.67. The largest absolute Gasteiger partial charge is 0.495 e. The van der Waals surface area contributed by atoms with E-state index >= 15 is 0 Å². The number of alkyl carbamates (subject to hydrolysis) is 1. The number of aliphatic hydroxyl groups is 2. The van der Waals surface area contributed by atoms with E-state index in [1.807, 2.05) is 56.4 Å². The first-order valence-electron chi connectivity index (χ1n) is 26.7. The van der Waals surface area contributed by atoms with Gasteiger partial charge in [0.15, 0.2) is 5.72 Å². The summed E-state index contributed by atoms with van der Waals surface area (Å²) in [5.41, 5.74) is 3.92. The maximum absolute atomic E-state index is 14.3. The number of esters is 1. The number of hydrogen-bond donors (Lipinski definition) is 6. The molecule has 5 amide bonds. The van der Waals surface area contributed by atoms with E-state index in [1.54, 1.807) is 45.2 Å². The summed E-state index contributed by atoms with van der Waals surface area (Å²) in [7, 11) is 9.63. The van der Waals surface area contributed by atoms with Crippen LogP contribution in [0.1, 0.15) is 64.6 Å². The highest BCUT2D eigenvalue weighted by molar-refractivity contribution is 6.35. The number of hydrogen-bond acceptors (Lipinski definition) is 17. The third kappa shape index (κ3) is 15.8. The number of benzene rings is 2. The molecule has 4 heterocycles.